The first-order chi connectivity index (χ1) is 9.19. The van der Waals surface area contributed by atoms with Crippen LogP contribution in [0.3, 0.4) is 0 Å². The van der Waals surface area contributed by atoms with E-state index in [1.54, 1.807) is 13.2 Å². The summed E-state index contributed by atoms with van der Waals surface area (Å²) < 4.78 is 4.97. The Hall–Kier alpha value is -1.59. The number of benzene rings is 1. The molecule has 0 aromatic heterocycles. The van der Waals surface area contributed by atoms with Gasteiger partial charge in [-0.3, -0.25) is 10.6 Å². The molecule has 1 aromatic carbocycles. The van der Waals surface area contributed by atoms with Crippen LogP contribution in [-0.2, 0) is 4.74 Å². The van der Waals surface area contributed by atoms with Crippen molar-refractivity contribution in [3.63, 3.8) is 0 Å². The summed E-state index contributed by atoms with van der Waals surface area (Å²) in [5.74, 6) is 5.33. The minimum atomic E-state index is -0.0975. The minimum absolute atomic E-state index is 0.0975. The maximum atomic E-state index is 12.0. The number of hydrogen-bond donors (Lipinski definition) is 3. The molecule has 0 unspecified atom stereocenters. The molecule has 4 N–H and O–H groups in total. The third-order valence-electron chi connectivity index (χ3n) is 2.89. The molecular weight excluding hydrogens is 242 g/mol. The van der Waals surface area contributed by atoms with E-state index >= 15 is 0 Å². The summed E-state index contributed by atoms with van der Waals surface area (Å²) in [6.45, 7) is 3.39. The van der Waals surface area contributed by atoms with Crippen LogP contribution in [0.15, 0.2) is 18.2 Å². The number of nitrogens with one attached hydrogen (secondary N) is 2. The second-order valence-corrected chi connectivity index (χ2v) is 4.50. The van der Waals surface area contributed by atoms with Crippen LogP contribution >= 0.6 is 0 Å². The fourth-order valence-corrected chi connectivity index (χ4v) is 1.82. The van der Waals surface area contributed by atoms with Gasteiger partial charge in [0, 0.05) is 20.3 Å². The zero-order valence-corrected chi connectivity index (χ0v) is 11.7. The molecule has 0 radical (unpaired) electrons. The van der Waals surface area contributed by atoms with Crippen LogP contribution < -0.4 is 16.6 Å². The fourth-order valence-electron chi connectivity index (χ4n) is 1.82. The van der Waals surface area contributed by atoms with Gasteiger partial charge in [0.25, 0.3) is 5.91 Å². The molecule has 1 aromatic rings. The molecule has 0 aliphatic rings. The maximum absolute atomic E-state index is 12.0. The highest BCUT2D eigenvalue weighted by Gasteiger charge is 2.10. The molecule has 0 bridgehead atoms. The Bertz CT molecular complexity index is 408. The van der Waals surface area contributed by atoms with E-state index in [1.165, 1.54) is 0 Å². The number of nitrogens with two attached hydrogens (primary N) is 1. The summed E-state index contributed by atoms with van der Waals surface area (Å²) in [5.41, 5.74) is 4.84. The summed E-state index contributed by atoms with van der Waals surface area (Å²) in [4.78, 5) is 12.0. The summed E-state index contributed by atoms with van der Waals surface area (Å²) in [7, 11) is 1.69. The van der Waals surface area contributed by atoms with E-state index in [9.17, 15) is 4.79 Å². The molecule has 0 heterocycles. The number of ether oxygens (including phenoxy) is 1. The molecule has 19 heavy (non-hydrogen) atoms. The van der Waals surface area contributed by atoms with Gasteiger partial charge < -0.3 is 15.5 Å². The molecule has 5 nitrogen and oxygen atoms in total. The van der Waals surface area contributed by atoms with Crippen molar-refractivity contribution in [2.75, 3.05) is 25.7 Å². The largest absolute Gasteiger partial charge is 0.385 e. The predicted octanol–water partition coefficient (Wildman–Crippen LogP) is 1.83. The van der Waals surface area contributed by atoms with Gasteiger partial charge in [0.15, 0.2) is 0 Å². The van der Waals surface area contributed by atoms with Gasteiger partial charge in [0.1, 0.15) is 0 Å². The first-order valence-electron chi connectivity index (χ1n) is 6.53. The first-order valence-corrected chi connectivity index (χ1v) is 6.53. The highest BCUT2D eigenvalue weighted by atomic mass is 16.5. The molecule has 106 valence electrons. The van der Waals surface area contributed by atoms with Crippen molar-refractivity contribution in [3.8, 4) is 0 Å². The van der Waals surface area contributed by atoms with Crippen LogP contribution in [0.2, 0.25) is 0 Å². The zero-order valence-electron chi connectivity index (χ0n) is 11.7. The Labute approximate surface area is 114 Å². The zero-order chi connectivity index (χ0) is 14.1. The van der Waals surface area contributed by atoms with Crippen LogP contribution in [0, 0.1) is 6.92 Å². The number of nitrogen functional groups attached to an aromatic ring is 1. The van der Waals surface area contributed by atoms with Crippen LogP contribution in [0.1, 0.15) is 35.2 Å². The van der Waals surface area contributed by atoms with Gasteiger partial charge in [-0.25, -0.2) is 0 Å². The molecule has 0 saturated heterocycles. The topological polar surface area (TPSA) is 76.4 Å². The number of unbranched alkanes of at least 4 members (excludes halogenated alkanes) is 2. The molecule has 0 aliphatic carbocycles. The lowest BCUT2D eigenvalue weighted by Crippen LogP contribution is -2.26. The standard InChI is InChI=1S/C14H23N3O2/c1-11-6-7-12(13(10-11)17-15)14(18)16-8-4-3-5-9-19-2/h6-7,10,17H,3-5,8-9,15H2,1-2H3,(H,16,18). The Morgan fingerprint density at radius 1 is 1.32 bits per heavy atom. The van der Waals surface area contributed by atoms with Crippen molar-refractivity contribution in [1.82, 2.24) is 5.32 Å². The van der Waals surface area contributed by atoms with Gasteiger partial charge in [-0.1, -0.05) is 6.07 Å². The summed E-state index contributed by atoms with van der Waals surface area (Å²) in [6, 6.07) is 5.53. The predicted molar refractivity (Wildman–Crippen MR) is 77.0 cm³/mol. The number of anilines is 1. The molecular formula is C14H23N3O2. The Morgan fingerprint density at radius 3 is 2.79 bits per heavy atom. The minimum Gasteiger partial charge on any atom is -0.385 e. The Morgan fingerprint density at radius 2 is 2.11 bits per heavy atom. The van der Waals surface area contributed by atoms with E-state index in [2.05, 4.69) is 10.7 Å². The van der Waals surface area contributed by atoms with Gasteiger partial charge in [-0.05, 0) is 43.9 Å². The lowest BCUT2D eigenvalue weighted by atomic mass is 10.1. The summed E-state index contributed by atoms with van der Waals surface area (Å²) in [5, 5.41) is 2.89. The second-order valence-electron chi connectivity index (χ2n) is 4.50. The smallest absolute Gasteiger partial charge is 0.253 e. The molecule has 0 spiro atoms. The highest BCUT2D eigenvalue weighted by molar-refractivity contribution is 5.99. The number of carbonyl (C=O) groups excluding carboxylic acids is 1. The maximum Gasteiger partial charge on any atom is 0.253 e. The van der Waals surface area contributed by atoms with Crippen LogP contribution in [0.4, 0.5) is 5.69 Å². The Balaban J connectivity index is 2.41. The van der Waals surface area contributed by atoms with Crippen molar-refractivity contribution in [3.05, 3.63) is 29.3 Å². The average molecular weight is 265 g/mol. The van der Waals surface area contributed by atoms with Crippen molar-refractivity contribution >= 4 is 11.6 Å². The quantitative estimate of drug-likeness (QED) is 0.381. The van der Waals surface area contributed by atoms with E-state index in [0.29, 0.717) is 17.8 Å². The number of hydrazine groups is 1. The van der Waals surface area contributed by atoms with Gasteiger partial charge in [-0.15, -0.1) is 0 Å². The number of aryl methyl sites for hydroxylation is 1. The first kappa shape index (κ1) is 15.5. The monoisotopic (exact) mass is 265 g/mol. The van der Waals surface area contributed by atoms with Gasteiger partial charge in [-0.2, -0.15) is 0 Å². The van der Waals surface area contributed by atoms with E-state index in [1.807, 2.05) is 19.1 Å². The molecule has 0 atom stereocenters. The molecule has 0 aliphatic heterocycles. The normalized spacial score (nSPS) is 10.3. The number of hydrogen-bond acceptors (Lipinski definition) is 4. The molecule has 1 amide bonds. The molecule has 1 rings (SSSR count). The SMILES string of the molecule is COCCCCCNC(=O)c1ccc(C)cc1NN. The summed E-state index contributed by atoms with van der Waals surface area (Å²) >= 11 is 0. The number of carbonyl (C=O) groups is 1. The lowest BCUT2D eigenvalue weighted by Gasteiger charge is -2.10. The van der Waals surface area contributed by atoms with Gasteiger partial charge in [0.05, 0.1) is 11.3 Å². The van der Waals surface area contributed by atoms with Crippen molar-refractivity contribution in [2.45, 2.75) is 26.2 Å². The lowest BCUT2D eigenvalue weighted by molar-refractivity contribution is 0.0953. The molecule has 0 fully saturated rings. The van der Waals surface area contributed by atoms with Gasteiger partial charge >= 0.3 is 0 Å². The third-order valence-corrected chi connectivity index (χ3v) is 2.89. The number of amides is 1. The van der Waals surface area contributed by atoms with E-state index < -0.39 is 0 Å². The molecule has 5 heteroatoms. The summed E-state index contributed by atoms with van der Waals surface area (Å²) in [6.07, 6.45) is 3.02. The van der Waals surface area contributed by atoms with Crippen molar-refractivity contribution < 1.29 is 9.53 Å². The third kappa shape index (κ3) is 5.28. The van der Waals surface area contributed by atoms with Crippen LogP contribution in [0.25, 0.3) is 0 Å². The Kier molecular flexibility index (Phi) is 6.92. The second kappa shape index (κ2) is 8.50. The number of rotatable bonds is 8. The van der Waals surface area contributed by atoms with E-state index in [-0.39, 0.29) is 5.91 Å². The fraction of sp³-hybridized carbons (Fsp3) is 0.500. The highest BCUT2D eigenvalue weighted by Crippen LogP contribution is 2.16. The van der Waals surface area contributed by atoms with Crippen LogP contribution in [-0.4, -0.2) is 26.2 Å². The van der Waals surface area contributed by atoms with Gasteiger partial charge in [0.2, 0.25) is 0 Å². The van der Waals surface area contributed by atoms with E-state index in [0.717, 1.165) is 31.4 Å². The van der Waals surface area contributed by atoms with Crippen molar-refractivity contribution in [2.24, 2.45) is 5.84 Å². The van der Waals surface area contributed by atoms with Crippen LogP contribution in [0.5, 0.6) is 0 Å². The van der Waals surface area contributed by atoms with E-state index in [4.69, 9.17) is 10.6 Å². The number of methoxy groups -OCH3 is 1. The van der Waals surface area contributed by atoms with Crippen molar-refractivity contribution in [1.29, 1.82) is 0 Å². The average Bonchev–Trinajstić information content (AvgIpc) is 2.42. The molecule has 0 saturated carbocycles.